The Bertz CT molecular complexity index is 1640. The van der Waals surface area contributed by atoms with Crippen LogP contribution >= 0.6 is 0 Å². The molecule has 14 nitrogen and oxygen atoms in total. The number of carbonyl (C=O) groups is 3. The number of anilines is 3. The molecule has 0 spiro atoms. The van der Waals surface area contributed by atoms with Crippen molar-refractivity contribution in [2.24, 2.45) is 0 Å². The zero-order valence-corrected chi connectivity index (χ0v) is 33.7. The van der Waals surface area contributed by atoms with Gasteiger partial charge in [-0.3, -0.25) is 0 Å². The quantitative estimate of drug-likeness (QED) is 0.145. The van der Waals surface area contributed by atoms with Crippen LogP contribution in [0.25, 0.3) is 0 Å². The number of ether oxygens (including phenoxy) is 6. The SMILES string of the molecule is CCOC(=O)c1ccc(N2CC[C@@H](O)C2)cc1.CCOC(=O)c1ccc(N2CC[C@@H](OCCOC)C2)cc1.COCCO[C@@H]1CCN(c2ccc(C(=O)O)cc2)C1. The Morgan fingerprint density at radius 3 is 1.26 bits per heavy atom. The van der Waals surface area contributed by atoms with E-state index in [1.165, 1.54) is 0 Å². The molecule has 3 heterocycles. The fraction of sp³-hybridized carbons (Fsp3) is 0.512. The van der Waals surface area contributed by atoms with E-state index in [2.05, 4.69) is 14.7 Å². The summed E-state index contributed by atoms with van der Waals surface area (Å²) in [6.45, 7) is 12.0. The monoisotopic (exact) mass is 793 g/mol. The van der Waals surface area contributed by atoms with Crippen molar-refractivity contribution in [3.63, 3.8) is 0 Å². The Morgan fingerprint density at radius 1 is 0.561 bits per heavy atom. The first-order valence-electron chi connectivity index (χ1n) is 19.7. The summed E-state index contributed by atoms with van der Waals surface area (Å²) in [4.78, 5) is 40.4. The average Bonchev–Trinajstić information content (AvgIpc) is 4.01. The van der Waals surface area contributed by atoms with Crippen molar-refractivity contribution >= 4 is 35.0 Å². The predicted octanol–water partition coefficient (Wildman–Crippen LogP) is 5.17. The van der Waals surface area contributed by atoms with Crippen LogP contribution < -0.4 is 14.7 Å². The molecule has 0 bridgehead atoms. The lowest BCUT2D eigenvalue weighted by Gasteiger charge is -2.19. The Balaban J connectivity index is 0.000000190. The smallest absolute Gasteiger partial charge is 0.338 e. The van der Waals surface area contributed by atoms with E-state index in [0.717, 1.165) is 69.0 Å². The second kappa shape index (κ2) is 24.1. The summed E-state index contributed by atoms with van der Waals surface area (Å²) in [6, 6.07) is 21.8. The molecule has 3 saturated heterocycles. The summed E-state index contributed by atoms with van der Waals surface area (Å²) in [5.41, 5.74) is 4.66. The minimum Gasteiger partial charge on any atom is -0.478 e. The van der Waals surface area contributed by atoms with Crippen molar-refractivity contribution in [3.05, 3.63) is 89.5 Å². The second-order valence-corrected chi connectivity index (χ2v) is 13.7. The molecular weight excluding hydrogens is 734 g/mol. The van der Waals surface area contributed by atoms with Gasteiger partial charge in [0.1, 0.15) is 0 Å². The molecule has 57 heavy (non-hydrogen) atoms. The molecule has 3 atom stereocenters. The normalized spacial score (nSPS) is 18.7. The van der Waals surface area contributed by atoms with E-state index in [0.29, 0.717) is 62.9 Å². The Labute approximate surface area is 336 Å². The highest BCUT2D eigenvalue weighted by Gasteiger charge is 2.25. The summed E-state index contributed by atoms with van der Waals surface area (Å²) < 4.78 is 31.3. The zero-order chi connectivity index (χ0) is 41.0. The van der Waals surface area contributed by atoms with Crippen molar-refractivity contribution in [2.45, 2.75) is 51.4 Å². The number of carboxylic acids is 1. The number of rotatable bonds is 16. The lowest BCUT2D eigenvalue weighted by molar-refractivity contribution is 0.0280. The van der Waals surface area contributed by atoms with Crippen molar-refractivity contribution in [1.29, 1.82) is 0 Å². The third kappa shape index (κ3) is 14.6. The van der Waals surface area contributed by atoms with Gasteiger partial charge in [-0.1, -0.05) is 0 Å². The Hall–Kier alpha value is -4.73. The Kier molecular flexibility index (Phi) is 19.0. The van der Waals surface area contributed by atoms with Crippen LogP contribution in [0.4, 0.5) is 17.1 Å². The summed E-state index contributed by atoms with van der Waals surface area (Å²) in [5.74, 6) is -1.46. The average molecular weight is 794 g/mol. The van der Waals surface area contributed by atoms with Crippen molar-refractivity contribution in [2.75, 3.05) is 108 Å². The molecule has 0 aromatic heterocycles. The zero-order valence-electron chi connectivity index (χ0n) is 33.7. The van der Waals surface area contributed by atoms with E-state index in [1.807, 2.05) is 48.5 Å². The molecule has 0 amide bonds. The minimum absolute atomic E-state index is 0.231. The molecule has 14 heteroatoms. The van der Waals surface area contributed by atoms with Gasteiger partial charge in [0.15, 0.2) is 0 Å². The number of aliphatic hydroxyl groups is 1. The third-order valence-electron chi connectivity index (χ3n) is 9.70. The Morgan fingerprint density at radius 2 is 0.930 bits per heavy atom. The molecule has 3 fully saturated rings. The number of methoxy groups -OCH3 is 2. The van der Waals surface area contributed by atoms with E-state index in [9.17, 15) is 19.5 Å². The van der Waals surface area contributed by atoms with Crippen LogP contribution in [0.1, 0.15) is 64.2 Å². The lowest BCUT2D eigenvalue weighted by Crippen LogP contribution is -2.23. The molecule has 2 N–H and O–H groups in total. The topological polar surface area (TPSA) is 157 Å². The fourth-order valence-corrected chi connectivity index (χ4v) is 6.63. The number of esters is 2. The molecule has 3 aliphatic heterocycles. The maximum absolute atomic E-state index is 11.6. The van der Waals surface area contributed by atoms with Crippen molar-refractivity contribution in [1.82, 2.24) is 0 Å². The largest absolute Gasteiger partial charge is 0.478 e. The number of aliphatic hydroxyl groups excluding tert-OH is 1. The number of hydrogen-bond donors (Lipinski definition) is 2. The van der Waals surface area contributed by atoms with Gasteiger partial charge in [0.05, 0.1) is 74.6 Å². The van der Waals surface area contributed by atoms with E-state index in [-0.39, 0.29) is 30.3 Å². The number of aromatic carboxylic acids is 1. The summed E-state index contributed by atoms with van der Waals surface area (Å²) in [7, 11) is 3.34. The molecule has 0 radical (unpaired) electrons. The molecule has 3 aromatic carbocycles. The maximum Gasteiger partial charge on any atom is 0.338 e. The molecular formula is C43H59N3O11. The number of hydrogen-bond acceptors (Lipinski definition) is 13. The highest BCUT2D eigenvalue weighted by Crippen LogP contribution is 2.24. The number of carboxylic acid groups (broad SMARTS) is 1. The van der Waals surface area contributed by atoms with Gasteiger partial charge in [0.2, 0.25) is 0 Å². The molecule has 3 aliphatic rings. The van der Waals surface area contributed by atoms with Gasteiger partial charge >= 0.3 is 17.9 Å². The number of benzene rings is 3. The molecule has 3 aromatic rings. The maximum atomic E-state index is 11.6. The first-order chi connectivity index (χ1) is 27.6. The minimum atomic E-state index is -0.895. The molecule has 0 saturated carbocycles. The lowest BCUT2D eigenvalue weighted by atomic mass is 10.2. The first-order valence-corrected chi connectivity index (χ1v) is 19.7. The van der Waals surface area contributed by atoms with Crippen LogP contribution in [-0.4, -0.2) is 140 Å². The fourth-order valence-electron chi connectivity index (χ4n) is 6.63. The number of nitrogens with zero attached hydrogens (tertiary/aromatic N) is 3. The summed E-state index contributed by atoms with van der Waals surface area (Å²) >= 11 is 0. The molecule has 0 unspecified atom stereocenters. The van der Waals surface area contributed by atoms with Gasteiger partial charge < -0.3 is 53.3 Å². The van der Waals surface area contributed by atoms with Crippen LogP contribution in [-0.2, 0) is 28.4 Å². The van der Waals surface area contributed by atoms with Crippen molar-refractivity contribution < 1.29 is 53.0 Å². The summed E-state index contributed by atoms with van der Waals surface area (Å²) in [6.07, 6.45) is 3.06. The van der Waals surface area contributed by atoms with Crippen LogP contribution in [0.15, 0.2) is 72.8 Å². The second-order valence-electron chi connectivity index (χ2n) is 13.7. The highest BCUT2D eigenvalue weighted by atomic mass is 16.5. The number of carbonyl (C=O) groups excluding carboxylic acids is 2. The van der Waals surface area contributed by atoms with Crippen LogP contribution in [0.5, 0.6) is 0 Å². The van der Waals surface area contributed by atoms with Gasteiger partial charge in [-0.05, 0) is 106 Å². The van der Waals surface area contributed by atoms with Gasteiger partial charge in [0.25, 0.3) is 0 Å². The summed E-state index contributed by atoms with van der Waals surface area (Å²) in [5, 5.41) is 18.3. The van der Waals surface area contributed by atoms with Gasteiger partial charge in [0, 0.05) is 70.6 Å². The molecule has 312 valence electrons. The predicted molar refractivity (Wildman–Crippen MR) is 218 cm³/mol. The molecule has 0 aliphatic carbocycles. The van der Waals surface area contributed by atoms with E-state index in [4.69, 9.17) is 33.5 Å². The van der Waals surface area contributed by atoms with E-state index >= 15 is 0 Å². The van der Waals surface area contributed by atoms with E-state index < -0.39 is 5.97 Å². The van der Waals surface area contributed by atoms with Gasteiger partial charge in [-0.15, -0.1) is 0 Å². The standard InChI is InChI=1S/C16H23NO4.C14H19NO4.C13H17NO3/c1-3-20-16(18)13-4-6-14(7-5-13)17-9-8-15(12-17)21-11-10-19-2;1-18-8-9-19-13-6-7-15(10-13)12-4-2-11(3-5-12)14(16)17;1-2-17-13(16)10-3-5-11(6-4-10)14-8-7-12(15)9-14/h4-7,15H,3,8-12H2,1-2H3;2-5,13H,6-10H2,1H3,(H,16,17);3-6,12,15H,2,7-9H2,1H3/t15-;13-;12-/m111/s1. The third-order valence-corrected chi connectivity index (χ3v) is 9.70. The molecule has 6 rings (SSSR count). The van der Waals surface area contributed by atoms with E-state index in [1.54, 1.807) is 52.3 Å². The van der Waals surface area contributed by atoms with Crippen LogP contribution in [0.2, 0.25) is 0 Å². The number of β-amino-alcohol motifs (C(OH)–C–C–N with tert-alkyl or cyclic N) is 1. The highest BCUT2D eigenvalue weighted by molar-refractivity contribution is 5.90. The van der Waals surface area contributed by atoms with Crippen LogP contribution in [0, 0.1) is 0 Å². The first kappa shape index (κ1) is 45.0. The van der Waals surface area contributed by atoms with Crippen molar-refractivity contribution in [3.8, 4) is 0 Å². The van der Waals surface area contributed by atoms with Gasteiger partial charge in [-0.2, -0.15) is 0 Å². The van der Waals surface area contributed by atoms with Crippen LogP contribution in [0.3, 0.4) is 0 Å². The van der Waals surface area contributed by atoms with Gasteiger partial charge in [-0.25, -0.2) is 14.4 Å².